The number of halogens is 1. The van der Waals surface area contributed by atoms with E-state index in [0.29, 0.717) is 0 Å². The van der Waals surface area contributed by atoms with E-state index in [1.54, 1.807) is 0 Å². The molecule has 0 aliphatic carbocycles. The summed E-state index contributed by atoms with van der Waals surface area (Å²) in [6.07, 6.45) is 3.60. The molecular formula is C16H25BrN2. The lowest BCUT2D eigenvalue weighted by Gasteiger charge is -2.37. The van der Waals surface area contributed by atoms with Crippen LogP contribution in [0.4, 0.5) is 5.69 Å². The molecule has 1 N–H and O–H groups in total. The zero-order chi connectivity index (χ0) is 13.9. The molecule has 0 aromatic heterocycles. The fourth-order valence-corrected chi connectivity index (χ4v) is 3.50. The van der Waals surface area contributed by atoms with Crippen LogP contribution in [0.15, 0.2) is 22.7 Å². The van der Waals surface area contributed by atoms with Crippen LogP contribution in [0.1, 0.15) is 38.7 Å². The van der Waals surface area contributed by atoms with Crippen LogP contribution >= 0.6 is 15.9 Å². The molecule has 3 heteroatoms. The van der Waals surface area contributed by atoms with Gasteiger partial charge in [-0.3, -0.25) is 0 Å². The highest BCUT2D eigenvalue weighted by Gasteiger charge is 2.30. The molecule has 1 aromatic carbocycles. The Morgan fingerprint density at radius 2 is 2.05 bits per heavy atom. The quantitative estimate of drug-likeness (QED) is 0.899. The van der Waals surface area contributed by atoms with E-state index < -0.39 is 0 Å². The predicted molar refractivity (Wildman–Crippen MR) is 87.0 cm³/mol. The van der Waals surface area contributed by atoms with Crippen LogP contribution in [0.3, 0.4) is 0 Å². The van der Waals surface area contributed by atoms with Crippen molar-refractivity contribution in [3.63, 3.8) is 0 Å². The monoisotopic (exact) mass is 324 g/mol. The largest absolute Gasteiger partial charge is 0.369 e. The Bertz CT molecular complexity index is 427. The zero-order valence-corrected chi connectivity index (χ0v) is 13.9. The Morgan fingerprint density at radius 3 is 2.68 bits per heavy atom. The maximum atomic E-state index is 3.77. The summed E-state index contributed by atoms with van der Waals surface area (Å²) in [6.45, 7) is 10.2. The minimum atomic E-state index is 0.274. The first-order valence-electron chi connectivity index (χ1n) is 7.36. The van der Waals surface area contributed by atoms with Gasteiger partial charge >= 0.3 is 0 Å². The highest BCUT2D eigenvalue weighted by molar-refractivity contribution is 9.10. The standard InChI is InChI=1S/C16H25BrN2/c1-4-16(5-2)12-19(10-6-9-18-16)15-8-7-14(17)11-13(15)3/h7-8,11,18H,4-6,9-10,12H2,1-3H3. The lowest BCUT2D eigenvalue weighted by Crippen LogP contribution is -2.50. The van der Waals surface area contributed by atoms with Crippen molar-refractivity contribution in [3.05, 3.63) is 28.2 Å². The molecule has 0 spiro atoms. The lowest BCUT2D eigenvalue weighted by atomic mass is 9.92. The molecule has 0 saturated carbocycles. The molecule has 0 atom stereocenters. The third-order valence-corrected chi connectivity index (χ3v) is 4.94. The first-order valence-corrected chi connectivity index (χ1v) is 8.15. The van der Waals surface area contributed by atoms with Crippen molar-refractivity contribution in [1.29, 1.82) is 0 Å². The minimum absolute atomic E-state index is 0.274. The molecule has 1 heterocycles. The highest BCUT2D eigenvalue weighted by atomic mass is 79.9. The van der Waals surface area contributed by atoms with E-state index in [1.807, 2.05) is 0 Å². The summed E-state index contributed by atoms with van der Waals surface area (Å²) in [5.74, 6) is 0. The van der Waals surface area contributed by atoms with Crippen LogP contribution in [0, 0.1) is 6.92 Å². The number of nitrogens with zero attached hydrogens (tertiary/aromatic N) is 1. The van der Waals surface area contributed by atoms with Crippen molar-refractivity contribution in [3.8, 4) is 0 Å². The topological polar surface area (TPSA) is 15.3 Å². The van der Waals surface area contributed by atoms with E-state index in [0.717, 1.165) is 19.6 Å². The van der Waals surface area contributed by atoms with Gasteiger partial charge in [-0.15, -0.1) is 0 Å². The third kappa shape index (κ3) is 3.32. The number of hydrogen-bond acceptors (Lipinski definition) is 2. The van der Waals surface area contributed by atoms with E-state index in [2.05, 4.69) is 65.1 Å². The lowest BCUT2D eigenvalue weighted by molar-refractivity contribution is 0.321. The summed E-state index contributed by atoms with van der Waals surface area (Å²) < 4.78 is 1.17. The van der Waals surface area contributed by atoms with Crippen LogP contribution in [0.2, 0.25) is 0 Å². The Balaban J connectivity index is 2.27. The minimum Gasteiger partial charge on any atom is -0.369 e. The molecule has 1 fully saturated rings. The fourth-order valence-electron chi connectivity index (χ4n) is 3.03. The summed E-state index contributed by atoms with van der Waals surface area (Å²) in [6, 6.07) is 6.62. The zero-order valence-electron chi connectivity index (χ0n) is 12.3. The maximum Gasteiger partial charge on any atom is 0.0397 e. The van der Waals surface area contributed by atoms with E-state index in [9.17, 15) is 0 Å². The van der Waals surface area contributed by atoms with Gasteiger partial charge in [0, 0.05) is 28.8 Å². The van der Waals surface area contributed by atoms with Crippen molar-refractivity contribution in [2.24, 2.45) is 0 Å². The van der Waals surface area contributed by atoms with Gasteiger partial charge in [0.05, 0.1) is 0 Å². The molecular weight excluding hydrogens is 300 g/mol. The van der Waals surface area contributed by atoms with Gasteiger partial charge in [0.1, 0.15) is 0 Å². The normalized spacial score (nSPS) is 19.3. The summed E-state index contributed by atoms with van der Waals surface area (Å²) >= 11 is 3.55. The van der Waals surface area contributed by atoms with Crippen LogP contribution < -0.4 is 10.2 Å². The van der Waals surface area contributed by atoms with E-state index in [4.69, 9.17) is 0 Å². The number of nitrogens with one attached hydrogen (secondary N) is 1. The van der Waals surface area contributed by atoms with E-state index in [-0.39, 0.29) is 5.54 Å². The van der Waals surface area contributed by atoms with Crippen LogP contribution in [0.5, 0.6) is 0 Å². The summed E-state index contributed by atoms with van der Waals surface area (Å²) in [4.78, 5) is 2.56. The Morgan fingerprint density at radius 1 is 1.32 bits per heavy atom. The number of anilines is 1. The van der Waals surface area contributed by atoms with Gasteiger partial charge < -0.3 is 10.2 Å². The summed E-state index contributed by atoms with van der Waals surface area (Å²) in [5.41, 5.74) is 3.02. The smallest absolute Gasteiger partial charge is 0.0397 e. The molecule has 1 aliphatic rings. The van der Waals surface area contributed by atoms with Crippen LogP contribution in [-0.2, 0) is 0 Å². The Labute approximate surface area is 125 Å². The van der Waals surface area contributed by atoms with Gasteiger partial charge in [-0.2, -0.15) is 0 Å². The summed E-state index contributed by atoms with van der Waals surface area (Å²) in [5, 5.41) is 3.77. The van der Waals surface area contributed by atoms with Crippen LogP contribution in [-0.4, -0.2) is 25.2 Å². The van der Waals surface area contributed by atoms with Crippen molar-refractivity contribution < 1.29 is 0 Å². The highest BCUT2D eigenvalue weighted by Crippen LogP contribution is 2.28. The Kier molecular flexibility index (Phi) is 4.91. The predicted octanol–water partition coefficient (Wildman–Crippen LogP) is 4.12. The number of benzene rings is 1. The first kappa shape index (κ1) is 14.9. The maximum absolute atomic E-state index is 3.77. The number of rotatable bonds is 3. The molecule has 2 nitrogen and oxygen atoms in total. The van der Waals surface area contributed by atoms with Crippen LogP contribution in [0.25, 0.3) is 0 Å². The second kappa shape index (κ2) is 6.27. The van der Waals surface area contributed by atoms with Gasteiger partial charge in [0.15, 0.2) is 0 Å². The molecule has 106 valence electrons. The average Bonchev–Trinajstić information content (AvgIpc) is 2.62. The second-order valence-electron chi connectivity index (χ2n) is 5.62. The third-order valence-electron chi connectivity index (χ3n) is 4.45. The summed E-state index contributed by atoms with van der Waals surface area (Å²) in [7, 11) is 0. The average molecular weight is 325 g/mol. The van der Waals surface area contributed by atoms with E-state index in [1.165, 1.54) is 35.0 Å². The molecule has 0 radical (unpaired) electrons. The molecule has 19 heavy (non-hydrogen) atoms. The molecule has 0 amide bonds. The molecule has 1 aromatic rings. The van der Waals surface area contributed by atoms with Crippen molar-refractivity contribution in [2.75, 3.05) is 24.5 Å². The van der Waals surface area contributed by atoms with Gasteiger partial charge in [-0.25, -0.2) is 0 Å². The van der Waals surface area contributed by atoms with Gasteiger partial charge in [0.25, 0.3) is 0 Å². The molecule has 1 saturated heterocycles. The second-order valence-corrected chi connectivity index (χ2v) is 6.54. The SMILES string of the molecule is CCC1(CC)CN(c2ccc(Br)cc2C)CCCN1. The Hall–Kier alpha value is -0.540. The van der Waals surface area contributed by atoms with E-state index >= 15 is 0 Å². The van der Waals surface area contributed by atoms with Crippen molar-refractivity contribution in [1.82, 2.24) is 5.32 Å². The van der Waals surface area contributed by atoms with Crippen molar-refractivity contribution >= 4 is 21.6 Å². The van der Waals surface area contributed by atoms with Gasteiger partial charge in [-0.05, 0) is 56.5 Å². The fraction of sp³-hybridized carbons (Fsp3) is 0.625. The number of aryl methyl sites for hydroxylation is 1. The molecule has 1 aliphatic heterocycles. The first-order chi connectivity index (χ1) is 9.10. The number of hydrogen-bond donors (Lipinski definition) is 1. The molecule has 2 rings (SSSR count). The molecule has 0 unspecified atom stereocenters. The van der Waals surface area contributed by atoms with Crippen molar-refractivity contribution in [2.45, 2.75) is 45.6 Å². The molecule has 0 bridgehead atoms. The van der Waals surface area contributed by atoms with Gasteiger partial charge in [-0.1, -0.05) is 29.8 Å². The van der Waals surface area contributed by atoms with Gasteiger partial charge in [0.2, 0.25) is 0 Å².